The first-order chi connectivity index (χ1) is 10.3. The molecule has 0 atom stereocenters. The van der Waals surface area contributed by atoms with E-state index in [-0.39, 0.29) is 5.78 Å². The number of imidazole rings is 1. The molecule has 1 aromatic carbocycles. The highest BCUT2D eigenvalue weighted by Gasteiger charge is 2.19. The molecule has 0 radical (unpaired) electrons. The lowest BCUT2D eigenvalue weighted by Crippen LogP contribution is -2.15. The number of nitrogens with zero attached hydrogens (tertiary/aromatic N) is 3. The highest BCUT2D eigenvalue weighted by Crippen LogP contribution is 2.25. The standard InChI is InChI=1S/C16H17Cl2N3O/c1-10-8-21(11(2)19-10)15(9-20(3)4)16(22)13-6-5-12(17)7-14(13)18/h5-9H,1-4H3/b15-9-. The zero-order valence-electron chi connectivity index (χ0n) is 12.9. The van der Waals surface area contributed by atoms with Crippen LogP contribution in [0.5, 0.6) is 0 Å². The van der Waals surface area contributed by atoms with Crippen LogP contribution in [-0.2, 0) is 0 Å². The van der Waals surface area contributed by atoms with Gasteiger partial charge in [0.05, 0.1) is 10.7 Å². The van der Waals surface area contributed by atoms with Crippen LogP contribution < -0.4 is 0 Å². The third-order valence-electron chi connectivity index (χ3n) is 3.05. The van der Waals surface area contributed by atoms with E-state index in [0.717, 1.165) is 11.5 Å². The fraction of sp³-hybridized carbons (Fsp3) is 0.250. The topological polar surface area (TPSA) is 38.1 Å². The molecule has 0 saturated carbocycles. The van der Waals surface area contributed by atoms with E-state index in [9.17, 15) is 4.79 Å². The van der Waals surface area contributed by atoms with Gasteiger partial charge in [0.1, 0.15) is 11.5 Å². The summed E-state index contributed by atoms with van der Waals surface area (Å²) in [7, 11) is 3.71. The minimum Gasteiger partial charge on any atom is -0.382 e. The minimum absolute atomic E-state index is 0.184. The van der Waals surface area contributed by atoms with E-state index in [2.05, 4.69) is 4.98 Å². The maximum absolute atomic E-state index is 12.9. The molecule has 0 aliphatic heterocycles. The SMILES string of the molecule is Cc1cn(/C(=C\N(C)C)C(=O)c2ccc(Cl)cc2Cl)c(C)n1. The van der Waals surface area contributed by atoms with Gasteiger partial charge in [0, 0.05) is 37.1 Å². The fourth-order valence-corrected chi connectivity index (χ4v) is 2.64. The van der Waals surface area contributed by atoms with E-state index in [1.807, 2.05) is 39.0 Å². The van der Waals surface area contributed by atoms with Gasteiger partial charge in [0.2, 0.25) is 5.78 Å². The molecule has 22 heavy (non-hydrogen) atoms. The summed E-state index contributed by atoms with van der Waals surface area (Å²) < 4.78 is 1.77. The van der Waals surface area contributed by atoms with Crippen LogP contribution in [0.3, 0.4) is 0 Å². The zero-order valence-corrected chi connectivity index (χ0v) is 14.4. The van der Waals surface area contributed by atoms with Crippen molar-refractivity contribution in [2.24, 2.45) is 0 Å². The van der Waals surface area contributed by atoms with E-state index in [1.54, 1.807) is 29.0 Å². The highest BCUT2D eigenvalue weighted by atomic mass is 35.5. The second-order valence-corrected chi connectivity index (χ2v) is 6.07. The first-order valence-electron chi connectivity index (χ1n) is 6.70. The summed E-state index contributed by atoms with van der Waals surface area (Å²) in [5.74, 6) is 0.555. The van der Waals surface area contributed by atoms with Gasteiger partial charge in [-0.25, -0.2) is 4.98 Å². The van der Waals surface area contributed by atoms with Crippen molar-refractivity contribution in [3.05, 3.63) is 57.7 Å². The number of ketones is 1. The van der Waals surface area contributed by atoms with Gasteiger partial charge in [-0.1, -0.05) is 23.2 Å². The summed E-state index contributed by atoms with van der Waals surface area (Å²) in [5.41, 5.74) is 1.73. The number of aromatic nitrogens is 2. The quantitative estimate of drug-likeness (QED) is 0.624. The number of aryl methyl sites for hydroxylation is 2. The first-order valence-corrected chi connectivity index (χ1v) is 7.46. The van der Waals surface area contributed by atoms with Crippen LogP contribution in [0.4, 0.5) is 0 Å². The zero-order chi connectivity index (χ0) is 16.4. The molecule has 6 heteroatoms. The lowest BCUT2D eigenvalue weighted by atomic mass is 10.1. The molecule has 0 fully saturated rings. The number of benzene rings is 1. The molecule has 0 bridgehead atoms. The van der Waals surface area contributed by atoms with Crippen LogP contribution in [-0.4, -0.2) is 34.3 Å². The maximum atomic E-state index is 12.9. The molecule has 1 aromatic heterocycles. The van der Waals surface area contributed by atoms with Crippen molar-refractivity contribution in [3.8, 4) is 0 Å². The van der Waals surface area contributed by atoms with Gasteiger partial charge in [-0.3, -0.25) is 9.36 Å². The van der Waals surface area contributed by atoms with Crippen LogP contribution in [0.1, 0.15) is 21.9 Å². The van der Waals surface area contributed by atoms with Crippen molar-refractivity contribution in [2.75, 3.05) is 14.1 Å². The first kappa shape index (κ1) is 16.6. The number of hydrogen-bond donors (Lipinski definition) is 0. The summed E-state index contributed by atoms with van der Waals surface area (Å²) in [4.78, 5) is 19.1. The van der Waals surface area contributed by atoms with Crippen LogP contribution in [0, 0.1) is 13.8 Å². The molecule has 116 valence electrons. The molecular weight excluding hydrogens is 321 g/mol. The summed E-state index contributed by atoms with van der Waals surface area (Å²) in [6.07, 6.45) is 3.58. The summed E-state index contributed by atoms with van der Waals surface area (Å²) >= 11 is 12.1. The monoisotopic (exact) mass is 337 g/mol. The average Bonchev–Trinajstić information content (AvgIpc) is 2.74. The summed E-state index contributed by atoms with van der Waals surface area (Å²) in [6.45, 7) is 3.74. The average molecular weight is 338 g/mol. The van der Waals surface area contributed by atoms with Gasteiger partial charge in [-0.05, 0) is 32.0 Å². The summed E-state index contributed by atoms with van der Waals surface area (Å²) in [6, 6.07) is 4.85. The smallest absolute Gasteiger partial charge is 0.212 e. The van der Waals surface area contributed by atoms with Gasteiger partial charge in [0.15, 0.2) is 0 Å². The molecule has 0 aliphatic carbocycles. The number of hydrogen-bond acceptors (Lipinski definition) is 3. The van der Waals surface area contributed by atoms with Gasteiger partial charge in [-0.2, -0.15) is 0 Å². The number of allylic oxidation sites excluding steroid dienone is 1. The summed E-state index contributed by atoms with van der Waals surface area (Å²) in [5, 5.41) is 0.825. The molecule has 2 aromatic rings. The molecule has 4 nitrogen and oxygen atoms in total. The molecular formula is C16H17Cl2N3O. The van der Waals surface area contributed by atoms with Gasteiger partial charge in [0.25, 0.3) is 0 Å². The van der Waals surface area contributed by atoms with Crippen molar-refractivity contribution in [1.29, 1.82) is 0 Å². The van der Waals surface area contributed by atoms with Gasteiger partial charge >= 0.3 is 0 Å². The number of carbonyl (C=O) groups excluding carboxylic acids is 1. The lowest BCUT2D eigenvalue weighted by molar-refractivity contribution is 0.105. The number of halogens is 2. The second-order valence-electron chi connectivity index (χ2n) is 5.23. The Morgan fingerprint density at radius 3 is 2.45 bits per heavy atom. The molecule has 0 unspecified atom stereocenters. The van der Waals surface area contributed by atoms with E-state index < -0.39 is 0 Å². The van der Waals surface area contributed by atoms with Crippen molar-refractivity contribution < 1.29 is 4.79 Å². The third-order valence-corrected chi connectivity index (χ3v) is 3.60. The van der Waals surface area contributed by atoms with Crippen LogP contribution in [0.25, 0.3) is 5.70 Å². The van der Waals surface area contributed by atoms with Crippen LogP contribution in [0.15, 0.2) is 30.6 Å². The minimum atomic E-state index is -0.184. The highest BCUT2D eigenvalue weighted by molar-refractivity contribution is 6.39. The Balaban J connectivity index is 2.55. The van der Waals surface area contributed by atoms with E-state index in [4.69, 9.17) is 23.2 Å². The largest absolute Gasteiger partial charge is 0.382 e. The normalized spacial score (nSPS) is 11.6. The van der Waals surface area contributed by atoms with Crippen molar-refractivity contribution >= 4 is 34.7 Å². The molecule has 0 spiro atoms. The van der Waals surface area contributed by atoms with Crippen molar-refractivity contribution in [2.45, 2.75) is 13.8 Å². The molecule has 0 saturated heterocycles. The Hall–Kier alpha value is -1.78. The van der Waals surface area contributed by atoms with E-state index in [1.165, 1.54) is 0 Å². The van der Waals surface area contributed by atoms with E-state index >= 15 is 0 Å². The Kier molecular flexibility index (Phi) is 4.94. The van der Waals surface area contributed by atoms with Crippen molar-refractivity contribution in [1.82, 2.24) is 14.5 Å². The molecule has 0 amide bonds. The Labute approximate surface area is 140 Å². The van der Waals surface area contributed by atoms with Gasteiger partial charge < -0.3 is 4.90 Å². The number of Topliss-reactive ketones (excluding diaryl/α,β-unsaturated/α-hetero) is 1. The second kappa shape index (κ2) is 6.55. The molecule has 0 N–H and O–H groups in total. The van der Waals surface area contributed by atoms with Crippen LogP contribution >= 0.6 is 23.2 Å². The number of rotatable bonds is 4. The van der Waals surface area contributed by atoms with E-state index in [0.29, 0.717) is 21.3 Å². The van der Waals surface area contributed by atoms with Crippen LogP contribution in [0.2, 0.25) is 10.0 Å². The third kappa shape index (κ3) is 3.51. The maximum Gasteiger partial charge on any atom is 0.212 e. The Morgan fingerprint density at radius 1 is 1.27 bits per heavy atom. The van der Waals surface area contributed by atoms with Gasteiger partial charge in [-0.15, -0.1) is 0 Å². The Bertz CT molecular complexity index is 748. The molecule has 0 aliphatic rings. The lowest BCUT2D eigenvalue weighted by Gasteiger charge is -2.14. The molecule has 1 heterocycles. The Morgan fingerprint density at radius 2 is 1.95 bits per heavy atom. The predicted molar refractivity (Wildman–Crippen MR) is 90.5 cm³/mol. The molecule has 2 rings (SSSR count). The number of carbonyl (C=O) groups is 1. The van der Waals surface area contributed by atoms with Crippen molar-refractivity contribution in [3.63, 3.8) is 0 Å². The fourth-order valence-electron chi connectivity index (χ4n) is 2.15. The predicted octanol–water partition coefficient (Wildman–Crippen LogP) is 4.05.